The molecule has 1 fully saturated rings. The highest BCUT2D eigenvalue weighted by atomic mass is 16.5. The maximum Gasteiger partial charge on any atom is 0.171 e. The molecule has 126 valence electrons. The van der Waals surface area contributed by atoms with Crippen LogP contribution in [0.25, 0.3) is 21.9 Å². The lowest BCUT2D eigenvalue weighted by molar-refractivity contribution is 0.165. The number of nitrogens with one attached hydrogen (secondary N) is 2. The van der Waals surface area contributed by atoms with E-state index >= 15 is 0 Å². The fourth-order valence-corrected chi connectivity index (χ4v) is 3.28. The third-order valence-electron chi connectivity index (χ3n) is 4.73. The van der Waals surface area contributed by atoms with Crippen molar-refractivity contribution in [2.75, 3.05) is 18.8 Å². The Hall–Kier alpha value is -2.34. The summed E-state index contributed by atoms with van der Waals surface area (Å²) in [5, 5.41) is 5.40. The first kappa shape index (κ1) is 15.2. The van der Waals surface area contributed by atoms with Gasteiger partial charge in [-0.05, 0) is 43.5 Å². The van der Waals surface area contributed by atoms with E-state index < -0.39 is 0 Å². The minimum atomic E-state index is 0.173. The van der Waals surface area contributed by atoms with Gasteiger partial charge in [-0.3, -0.25) is 0 Å². The van der Waals surface area contributed by atoms with Gasteiger partial charge in [0.1, 0.15) is 11.8 Å². The highest BCUT2D eigenvalue weighted by Gasteiger charge is 2.21. The number of hydrogen-bond acceptors (Lipinski definition) is 5. The van der Waals surface area contributed by atoms with Crippen molar-refractivity contribution < 1.29 is 4.74 Å². The van der Waals surface area contributed by atoms with Crippen LogP contribution in [0.4, 0.5) is 5.82 Å². The molecule has 24 heavy (non-hydrogen) atoms. The van der Waals surface area contributed by atoms with Gasteiger partial charge in [0, 0.05) is 11.6 Å². The van der Waals surface area contributed by atoms with Gasteiger partial charge >= 0.3 is 0 Å². The average Bonchev–Trinajstić information content (AvgIpc) is 2.96. The van der Waals surface area contributed by atoms with Crippen molar-refractivity contribution in [1.29, 1.82) is 0 Å². The van der Waals surface area contributed by atoms with Crippen LogP contribution in [0.2, 0.25) is 0 Å². The highest BCUT2D eigenvalue weighted by Crippen LogP contribution is 2.37. The van der Waals surface area contributed by atoms with Crippen LogP contribution in [0.5, 0.6) is 5.75 Å². The molecule has 0 unspecified atom stereocenters. The second kappa shape index (κ2) is 5.94. The Labute approximate surface area is 140 Å². The quantitative estimate of drug-likeness (QED) is 0.689. The number of nitrogen functional groups attached to an aromatic ring is 1. The summed E-state index contributed by atoms with van der Waals surface area (Å²) in [7, 11) is 0. The Morgan fingerprint density at radius 2 is 2.00 bits per heavy atom. The number of aromatic amines is 1. The summed E-state index contributed by atoms with van der Waals surface area (Å²) in [5.41, 5.74) is 9.12. The Bertz CT molecular complexity index is 880. The van der Waals surface area contributed by atoms with Gasteiger partial charge in [0.2, 0.25) is 0 Å². The van der Waals surface area contributed by atoms with Crippen LogP contribution in [-0.2, 0) is 0 Å². The molecule has 4 rings (SSSR count). The minimum Gasteiger partial charge on any atom is -0.486 e. The molecule has 0 radical (unpaired) electrons. The van der Waals surface area contributed by atoms with E-state index in [1.807, 2.05) is 6.20 Å². The van der Waals surface area contributed by atoms with Crippen LogP contribution in [0.15, 0.2) is 18.5 Å². The lowest BCUT2D eigenvalue weighted by atomic mass is 10.0. The van der Waals surface area contributed by atoms with Crippen molar-refractivity contribution in [2.45, 2.75) is 38.7 Å². The first-order valence-electron chi connectivity index (χ1n) is 8.56. The topological polar surface area (TPSA) is 88.9 Å². The molecule has 0 aliphatic carbocycles. The summed E-state index contributed by atoms with van der Waals surface area (Å²) in [6, 6.07) is 2.18. The first-order valence-corrected chi connectivity index (χ1v) is 8.56. The minimum absolute atomic E-state index is 0.173. The number of aromatic nitrogens is 3. The van der Waals surface area contributed by atoms with Gasteiger partial charge in [-0.25, -0.2) is 9.97 Å². The molecule has 0 spiro atoms. The van der Waals surface area contributed by atoms with E-state index in [1.165, 1.54) is 5.56 Å². The van der Waals surface area contributed by atoms with Crippen LogP contribution >= 0.6 is 0 Å². The third kappa shape index (κ3) is 2.57. The molecule has 1 saturated heterocycles. The van der Waals surface area contributed by atoms with Gasteiger partial charge < -0.3 is 20.8 Å². The van der Waals surface area contributed by atoms with Crippen LogP contribution in [-0.4, -0.2) is 34.1 Å². The molecule has 3 aromatic heterocycles. The third-order valence-corrected chi connectivity index (χ3v) is 4.73. The summed E-state index contributed by atoms with van der Waals surface area (Å²) in [4.78, 5) is 12.2. The fraction of sp³-hybridized carbons (Fsp3) is 0.444. The predicted molar refractivity (Wildman–Crippen MR) is 96.4 cm³/mol. The molecule has 1 aliphatic rings. The van der Waals surface area contributed by atoms with E-state index in [0.717, 1.165) is 47.9 Å². The maximum absolute atomic E-state index is 6.29. The number of rotatable bonds is 3. The van der Waals surface area contributed by atoms with Gasteiger partial charge in [0.15, 0.2) is 11.6 Å². The number of hydrogen-bond donors (Lipinski definition) is 3. The van der Waals surface area contributed by atoms with E-state index in [2.05, 4.69) is 40.2 Å². The van der Waals surface area contributed by atoms with Crippen molar-refractivity contribution in [1.82, 2.24) is 20.3 Å². The number of pyridine rings is 2. The molecule has 1 aliphatic heterocycles. The van der Waals surface area contributed by atoms with Crippen molar-refractivity contribution in [3.8, 4) is 5.75 Å². The Balaban J connectivity index is 1.88. The molecule has 3 aromatic rings. The number of fused-ring (bicyclic) bond motifs is 3. The molecule has 0 aromatic carbocycles. The largest absolute Gasteiger partial charge is 0.486 e. The number of ether oxygens (including phenoxy) is 1. The van der Waals surface area contributed by atoms with Crippen molar-refractivity contribution in [3.63, 3.8) is 0 Å². The number of anilines is 1. The van der Waals surface area contributed by atoms with E-state index in [9.17, 15) is 0 Å². The van der Waals surface area contributed by atoms with E-state index in [1.54, 1.807) is 6.20 Å². The van der Waals surface area contributed by atoms with Crippen molar-refractivity contribution >= 4 is 27.8 Å². The van der Waals surface area contributed by atoms with Crippen molar-refractivity contribution in [3.05, 3.63) is 24.0 Å². The molecule has 4 N–H and O–H groups in total. The van der Waals surface area contributed by atoms with Gasteiger partial charge in [-0.2, -0.15) is 0 Å². The molecular weight excluding hydrogens is 302 g/mol. The number of nitrogens with two attached hydrogens (primary N) is 1. The van der Waals surface area contributed by atoms with Crippen LogP contribution in [0.1, 0.15) is 38.2 Å². The molecule has 0 atom stereocenters. The zero-order chi connectivity index (χ0) is 16.7. The van der Waals surface area contributed by atoms with Gasteiger partial charge in [-0.1, -0.05) is 13.8 Å². The van der Waals surface area contributed by atoms with Crippen LogP contribution < -0.4 is 15.8 Å². The predicted octanol–water partition coefficient (Wildman–Crippen LogP) is 2.95. The average molecular weight is 325 g/mol. The molecule has 6 nitrogen and oxygen atoms in total. The van der Waals surface area contributed by atoms with Crippen molar-refractivity contribution in [2.24, 2.45) is 0 Å². The van der Waals surface area contributed by atoms with E-state index in [4.69, 9.17) is 10.5 Å². The molecular formula is C18H23N5O. The fourth-order valence-electron chi connectivity index (χ4n) is 3.28. The first-order chi connectivity index (χ1) is 11.6. The zero-order valence-electron chi connectivity index (χ0n) is 14.1. The van der Waals surface area contributed by atoms with Gasteiger partial charge in [0.05, 0.1) is 17.1 Å². The second-order valence-electron chi connectivity index (χ2n) is 6.77. The zero-order valence-corrected chi connectivity index (χ0v) is 14.1. The SMILES string of the molecule is CC(C)c1cnc2[nH]c3cnc(N)c(OC4CCNCC4)c3c2c1. The van der Waals surface area contributed by atoms with E-state index in [-0.39, 0.29) is 6.10 Å². The number of H-pyrrole nitrogens is 1. The number of piperidine rings is 1. The summed E-state index contributed by atoms with van der Waals surface area (Å²) in [5.74, 6) is 1.55. The Kier molecular flexibility index (Phi) is 3.76. The van der Waals surface area contributed by atoms with Crippen LogP contribution in [0, 0.1) is 0 Å². The summed E-state index contributed by atoms with van der Waals surface area (Å²) in [6.07, 6.45) is 5.82. The Morgan fingerprint density at radius 3 is 2.75 bits per heavy atom. The normalized spacial score (nSPS) is 16.3. The summed E-state index contributed by atoms with van der Waals surface area (Å²) in [6.45, 7) is 6.28. The summed E-state index contributed by atoms with van der Waals surface area (Å²) < 4.78 is 6.29. The number of nitrogens with zero attached hydrogens (tertiary/aromatic N) is 2. The van der Waals surface area contributed by atoms with E-state index in [0.29, 0.717) is 17.5 Å². The monoisotopic (exact) mass is 325 g/mol. The standard InChI is InChI=1S/C18H23N5O/c1-10(2)11-7-13-15-14(23-18(13)22-8-11)9-21-17(19)16(15)24-12-3-5-20-6-4-12/h7-10,12,20H,3-6H2,1-2H3,(H2,19,21)(H,22,23). The molecule has 0 saturated carbocycles. The Morgan fingerprint density at radius 1 is 1.21 bits per heavy atom. The smallest absolute Gasteiger partial charge is 0.171 e. The molecule has 0 amide bonds. The lowest BCUT2D eigenvalue weighted by Crippen LogP contribution is -2.34. The second-order valence-corrected chi connectivity index (χ2v) is 6.77. The lowest BCUT2D eigenvalue weighted by Gasteiger charge is -2.24. The molecule has 0 bridgehead atoms. The van der Waals surface area contributed by atoms with Crippen LogP contribution in [0.3, 0.4) is 0 Å². The van der Waals surface area contributed by atoms with Gasteiger partial charge in [0.25, 0.3) is 0 Å². The highest BCUT2D eigenvalue weighted by molar-refractivity contribution is 6.10. The summed E-state index contributed by atoms with van der Waals surface area (Å²) >= 11 is 0. The van der Waals surface area contributed by atoms with Gasteiger partial charge in [-0.15, -0.1) is 0 Å². The maximum atomic E-state index is 6.29. The molecule has 6 heteroatoms. The molecule has 4 heterocycles.